The Balaban J connectivity index is 1.44. The number of halogens is 3. The average molecular weight is 549 g/mol. The molecule has 1 amide bonds. The summed E-state index contributed by atoms with van der Waals surface area (Å²) in [5.41, 5.74) is -2.12. The number of pyridine rings is 2. The molecule has 0 aromatic carbocycles. The van der Waals surface area contributed by atoms with Crippen LogP contribution in [0.3, 0.4) is 0 Å². The first-order valence-corrected chi connectivity index (χ1v) is 12.6. The second-order valence-electron chi connectivity index (χ2n) is 9.17. The molecule has 5 heterocycles. The zero-order chi connectivity index (χ0) is 27.4. The van der Waals surface area contributed by atoms with Crippen LogP contribution in [-0.4, -0.2) is 61.0 Å². The first kappa shape index (κ1) is 26.0. The van der Waals surface area contributed by atoms with E-state index in [0.717, 1.165) is 17.4 Å². The lowest BCUT2D eigenvalue weighted by atomic mass is 10.1. The van der Waals surface area contributed by atoms with E-state index < -0.39 is 29.1 Å². The molecule has 4 aromatic rings. The number of nitrogens with one attached hydrogen (secondary N) is 1. The van der Waals surface area contributed by atoms with Crippen molar-refractivity contribution in [2.75, 3.05) is 13.1 Å². The number of H-pyrrole nitrogens is 1. The van der Waals surface area contributed by atoms with Crippen LogP contribution in [0.4, 0.5) is 13.2 Å². The van der Waals surface area contributed by atoms with Crippen molar-refractivity contribution < 1.29 is 27.4 Å². The van der Waals surface area contributed by atoms with Gasteiger partial charge >= 0.3 is 6.18 Å². The molecule has 0 spiro atoms. The molecule has 1 aliphatic rings. The topological polar surface area (TPSA) is 123 Å². The van der Waals surface area contributed by atoms with E-state index in [9.17, 15) is 22.8 Å². The van der Waals surface area contributed by atoms with Crippen LogP contribution in [-0.2, 0) is 10.9 Å². The van der Waals surface area contributed by atoms with Gasteiger partial charge in [-0.05, 0) is 33.8 Å². The molecule has 38 heavy (non-hydrogen) atoms. The van der Waals surface area contributed by atoms with Crippen LogP contribution < -0.4 is 10.3 Å². The second kappa shape index (κ2) is 9.58. The number of thiazole rings is 1. The molecule has 0 saturated carbocycles. The number of carbonyl (C=O) groups excluding carboxylic acids is 1. The SMILES string of the molecule is Cc1nc2cc(C(F)(F)F)c([C@H](C)Oc3cc4sc(C(=O)N5C[C@@H](C)O[C@@H](C)C5)nc4cn3)nc2c(=O)[nH]1. The summed E-state index contributed by atoms with van der Waals surface area (Å²) in [5, 5.41) is 0.269. The van der Waals surface area contributed by atoms with Crippen molar-refractivity contribution in [1.82, 2.24) is 29.8 Å². The predicted octanol–water partition coefficient (Wildman–Crippen LogP) is 4.04. The number of carbonyl (C=O) groups is 1. The van der Waals surface area contributed by atoms with E-state index in [4.69, 9.17) is 9.47 Å². The van der Waals surface area contributed by atoms with Crippen molar-refractivity contribution >= 4 is 38.5 Å². The van der Waals surface area contributed by atoms with Gasteiger partial charge in [0.15, 0.2) is 10.5 Å². The molecule has 0 aliphatic carbocycles. The molecular weight excluding hydrogens is 525 g/mol. The number of hydrogen-bond acceptors (Lipinski definition) is 9. The molecule has 1 saturated heterocycles. The van der Waals surface area contributed by atoms with Gasteiger partial charge in [0, 0.05) is 19.2 Å². The minimum absolute atomic E-state index is 0.0206. The zero-order valence-electron chi connectivity index (χ0n) is 20.8. The third-order valence-electron chi connectivity index (χ3n) is 5.96. The Morgan fingerprint density at radius 1 is 1.18 bits per heavy atom. The number of aromatic nitrogens is 5. The monoisotopic (exact) mass is 548 g/mol. The van der Waals surface area contributed by atoms with Crippen LogP contribution in [0.1, 0.15) is 53.8 Å². The van der Waals surface area contributed by atoms with E-state index in [1.807, 2.05) is 13.8 Å². The van der Waals surface area contributed by atoms with Crippen molar-refractivity contribution in [1.29, 1.82) is 0 Å². The van der Waals surface area contributed by atoms with E-state index in [2.05, 4.69) is 24.9 Å². The fraction of sp³-hybridized carbons (Fsp3) is 0.417. The van der Waals surface area contributed by atoms with Crippen LogP contribution in [0.15, 0.2) is 23.1 Å². The number of aromatic amines is 1. The maximum atomic E-state index is 13.9. The molecule has 200 valence electrons. The Morgan fingerprint density at radius 2 is 1.89 bits per heavy atom. The van der Waals surface area contributed by atoms with Gasteiger partial charge in [0.05, 0.1) is 39.9 Å². The highest BCUT2D eigenvalue weighted by atomic mass is 32.1. The van der Waals surface area contributed by atoms with E-state index in [-0.39, 0.29) is 45.9 Å². The summed E-state index contributed by atoms with van der Waals surface area (Å²) in [4.78, 5) is 45.9. The zero-order valence-corrected chi connectivity index (χ0v) is 21.6. The van der Waals surface area contributed by atoms with Crippen LogP contribution in [0.25, 0.3) is 21.3 Å². The number of amides is 1. The van der Waals surface area contributed by atoms with E-state index >= 15 is 0 Å². The third-order valence-corrected chi connectivity index (χ3v) is 6.96. The predicted molar refractivity (Wildman–Crippen MR) is 132 cm³/mol. The molecule has 0 bridgehead atoms. The Labute approximate surface area is 217 Å². The molecule has 5 rings (SSSR count). The van der Waals surface area contributed by atoms with E-state index in [1.54, 1.807) is 4.90 Å². The van der Waals surface area contributed by atoms with Crippen molar-refractivity contribution in [2.24, 2.45) is 0 Å². The Bertz CT molecular complexity index is 1590. The standard InChI is InChI=1S/C24H23F3N6O4S/c1-10-8-33(9-11(2)36-10)23(35)22-31-16-7-28-18(6-17(16)38-22)37-12(3)19-14(24(25,26)27)5-15-20(32-19)21(34)30-13(4)29-15/h5-7,10-12H,8-9H2,1-4H3,(H,29,30,34)/t10-,11+,12-/m0/s1. The summed E-state index contributed by atoms with van der Waals surface area (Å²) in [5.74, 6) is -0.0347. The molecule has 3 atom stereocenters. The summed E-state index contributed by atoms with van der Waals surface area (Å²) in [6, 6.07) is 2.31. The molecule has 4 aromatic heterocycles. The minimum atomic E-state index is -4.76. The summed E-state index contributed by atoms with van der Waals surface area (Å²) < 4.78 is 53.7. The van der Waals surface area contributed by atoms with Gasteiger partial charge in [-0.3, -0.25) is 9.59 Å². The average Bonchev–Trinajstić information content (AvgIpc) is 3.25. The van der Waals surface area contributed by atoms with Crippen LogP contribution in [0, 0.1) is 6.92 Å². The highest BCUT2D eigenvalue weighted by Gasteiger charge is 2.37. The second-order valence-corrected chi connectivity index (χ2v) is 10.2. The fourth-order valence-electron chi connectivity index (χ4n) is 4.42. The molecule has 1 aliphatic heterocycles. The van der Waals surface area contributed by atoms with Crippen LogP contribution in [0.5, 0.6) is 5.88 Å². The molecule has 1 N–H and O–H groups in total. The van der Waals surface area contributed by atoms with Crippen LogP contribution >= 0.6 is 11.3 Å². The first-order chi connectivity index (χ1) is 17.9. The van der Waals surface area contributed by atoms with Crippen molar-refractivity contribution in [3.8, 4) is 5.88 Å². The van der Waals surface area contributed by atoms with Crippen molar-refractivity contribution in [2.45, 2.75) is 52.2 Å². The lowest BCUT2D eigenvalue weighted by Gasteiger charge is -2.34. The van der Waals surface area contributed by atoms with Crippen molar-refractivity contribution in [3.63, 3.8) is 0 Å². The van der Waals surface area contributed by atoms with Gasteiger partial charge < -0.3 is 19.4 Å². The molecule has 1 fully saturated rings. The highest BCUT2D eigenvalue weighted by molar-refractivity contribution is 7.20. The van der Waals surface area contributed by atoms with Gasteiger partial charge in [-0.25, -0.2) is 19.9 Å². The number of ether oxygens (including phenoxy) is 2. The summed E-state index contributed by atoms with van der Waals surface area (Å²) in [6.07, 6.45) is -4.77. The maximum Gasteiger partial charge on any atom is 0.418 e. The minimum Gasteiger partial charge on any atom is -0.468 e. The third kappa shape index (κ3) is 5.05. The largest absolute Gasteiger partial charge is 0.468 e. The lowest BCUT2D eigenvalue weighted by molar-refractivity contribution is -0.139. The maximum absolute atomic E-state index is 13.9. The Hall–Kier alpha value is -3.65. The fourth-order valence-corrected chi connectivity index (χ4v) is 5.36. The van der Waals surface area contributed by atoms with Gasteiger partial charge in [-0.1, -0.05) is 0 Å². The van der Waals surface area contributed by atoms with Gasteiger partial charge in [-0.15, -0.1) is 11.3 Å². The van der Waals surface area contributed by atoms with Gasteiger partial charge in [0.1, 0.15) is 17.4 Å². The summed E-state index contributed by atoms with van der Waals surface area (Å²) >= 11 is 1.14. The molecule has 14 heteroatoms. The molecule has 0 unspecified atom stereocenters. The molecule has 10 nitrogen and oxygen atoms in total. The first-order valence-electron chi connectivity index (χ1n) is 11.8. The Morgan fingerprint density at radius 3 is 2.58 bits per heavy atom. The van der Waals surface area contributed by atoms with E-state index in [0.29, 0.717) is 23.3 Å². The number of rotatable bonds is 4. The number of nitrogens with zero attached hydrogens (tertiary/aromatic N) is 5. The number of morpholine rings is 1. The molecule has 0 radical (unpaired) electrons. The highest BCUT2D eigenvalue weighted by Crippen LogP contribution is 2.36. The van der Waals surface area contributed by atoms with E-state index in [1.165, 1.54) is 26.1 Å². The summed E-state index contributed by atoms with van der Waals surface area (Å²) in [7, 11) is 0. The van der Waals surface area contributed by atoms with Gasteiger partial charge in [0.25, 0.3) is 11.5 Å². The lowest BCUT2D eigenvalue weighted by Crippen LogP contribution is -2.48. The quantitative estimate of drug-likeness (QED) is 0.405. The Kier molecular flexibility index (Phi) is 6.55. The smallest absolute Gasteiger partial charge is 0.418 e. The van der Waals surface area contributed by atoms with Crippen LogP contribution in [0.2, 0.25) is 0 Å². The van der Waals surface area contributed by atoms with Gasteiger partial charge in [-0.2, -0.15) is 13.2 Å². The van der Waals surface area contributed by atoms with Gasteiger partial charge in [0.2, 0.25) is 5.88 Å². The van der Waals surface area contributed by atoms with Crippen molar-refractivity contribution in [3.05, 3.63) is 50.8 Å². The normalized spacial score (nSPS) is 19.2. The number of aryl methyl sites for hydroxylation is 1. The number of alkyl halides is 3. The number of hydrogen-bond donors (Lipinski definition) is 1. The number of fused-ring (bicyclic) bond motifs is 2. The molecular formula is C24H23F3N6O4S. The summed E-state index contributed by atoms with van der Waals surface area (Å²) in [6.45, 7) is 7.53.